The molecule has 2 rings (SSSR count). The number of carbonyl (C=O) groups excluding carboxylic acids is 2. The van der Waals surface area contributed by atoms with Crippen molar-refractivity contribution < 1.29 is 22.8 Å². The minimum Gasteiger partial charge on any atom is -0.340 e. The van der Waals surface area contributed by atoms with E-state index in [1.807, 2.05) is 0 Å². The van der Waals surface area contributed by atoms with Crippen molar-refractivity contribution in [3.8, 4) is 0 Å². The molecule has 1 fully saturated rings. The Morgan fingerprint density at radius 3 is 2.19 bits per heavy atom. The van der Waals surface area contributed by atoms with Crippen LogP contribution >= 0.6 is 0 Å². The zero-order valence-corrected chi connectivity index (χ0v) is 11.8. The van der Waals surface area contributed by atoms with E-state index in [1.54, 1.807) is 6.92 Å². The highest BCUT2D eigenvalue weighted by molar-refractivity contribution is 6.10. The SMILES string of the molecule is CCC1C(=O)NC(C)(C)C(=O)N1c1cc(F)c(F)c(F)c1. The van der Waals surface area contributed by atoms with Crippen LogP contribution < -0.4 is 10.2 Å². The second-order valence-electron chi connectivity index (χ2n) is 5.44. The molecular weight excluding hydrogens is 285 g/mol. The summed E-state index contributed by atoms with van der Waals surface area (Å²) >= 11 is 0. The Kier molecular flexibility index (Phi) is 3.69. The van der Waals surface area contributed by atoms with Crippen LogP contribution in [0.25, 0.3) is 0 Å². The number of hydrogen-bond acceptors (Lipinski definition) is 2. The lowest BCUT2D eigenvalue weighted by Crippen LogP contribution is -2.68. The van der Waals surface area contributed by atoms with Gasteiger partial charge in [0.15, 0.2) is 17.5 Å². The van der Waals surface area contributed by atoms with Gasteiger partial charge in [0.05, 0.1) is 5.69 Å². The summed E-state index contributed by atoms with van der Waals surface area (Å²) in [4.78, 5) is 25.5. The van der Waals surface area contributed by atoms with Crippen LogP contribution in [0.2, 0.25) is 0 Å². The number of hydrogen-bond donors (Lipinski definition) is 1. The third-order valence-electron chi connectivity index (χ3n) is 3.44. The summed E-state index contributed by atoms with van der Waals surface area (Å²) in [6.07, 6.45) is 0.258. The largest absolute Gasteiger partial charge is 0.340 e. The lowest BCUT2D eigenvalue weighted by atomic mass is 9.95. The van der Waals surface area contributed by atoms with Crippen LogP contribution in [0.1, 0.15) is 27.2 Å². The summed E-state index contributed by atoms with van der Waals surface area (Å²) < 4.78 is 39.8. The van der Waals surface area contributed by atoms with Crippen LogP contribution in [0.3, 0.4) is 0 Å². The van der Waals surface area contributed by atoms with E-state index in [-0.39, 0.29) is 12.1 Å². The number of benzene rings is 1. The molecule has 1 aromatic carbocycles. The number of nitrogens with one attached hydrogen (secondary N) is 1. The second kappa shape index (κ2) is 5.05. The molecule has 7 heteroatoms. The van der Waals surface area contributed by atoms with Gasteiger partial charge in [0.2, 0.25) is 5.91 Å². The van der Waals surface area contributed by atoms with E-state index in [0.717, 1.165) is 4.90 Å². The van der Waals surface area contributed by atoms with E-state index in [4.69, 9.17) is 0 Å². The fourth-order valence-corrected chi connectivity index (χ4v) is 2.35. The molecule has 114 valence electrons. The minimum absolute atomic E-state index is 0.175. The molecule has 1 aromatic rings. The second-order valence-corrected chi connectivity index (χ2v) is 5.44. The molecule has 0 aromatic heterocycles. The molecule has 0 saturated carbocycles. The van der Waals surface area contributed by atoms with Gasteiger partial charge in [-0.2, -0.15) is 0 Å². The number of halogens is 3. The molecule has 1 N–H and O–H groups in total. The van der Waals surface area contributed by atoms with Crippen molar-refractivity contribution in [2.24, 2.45) is 0 Å². The Morgan fingerprint density at radius 1 is 1.19 bits per heavy atom. The Labute approximate surface area is 119 Å². The van der Waals surface area contributed by atoms with Gasteiger partial charge in [-0.05, 0) is 20.3 Å². The smallest absolute Gasteiger partial charge is 0.252 e. The summed E-state index contributed by atoms with van der Waals surface area (Å²) in [6.45, 7) is 4.64. The van der Waals surface area contributed by atoms with E-state index in [2.05, 4.69) is 5.32 Å². The van der Waals surface area contributed by atoms with Gasteiger partial charge < -0.3 is 5.32 Å². The average Bonchev–Trinajstić information content (AvgIpc) is 2.38. The van der Waals surface area contributed by atoms with Gasteiger partial charge in [0, 0.05) is 12.1 Å². The molecule has 2 amide bonds. The van der Waals surface area contributed by atoms with Crippen LogP contribution in [0.15, 0.2) is 12.1 Å². The summed E-state index contributed by atoms with van der Waals surface area (Å²) in [6, 6.07) is 0.538. The lowest BCUT2D eigenvalue weighted by Gasteiger charge is -2.42. The molecule has 0 radical (unpaired) electrons. The first kappa shape index (κ1) is 15.3. The normalized spacial score (nSPS) is 21.4. The molecule has 0 aliphatic carbocycles. The number of amides is 2. The van der Waals surface area contributed by atoms with E-state index in [1.165, 1.54) is 13.8 Å². The van der Waals surface area contributed by atoms with Gasteiger partial charge in [0.1, 0.15) is 11.6 Å². The Hall–Kier alpha value is -2.05. The fourth-order valence-electron chi connectivity index (χ4n) is 2.35. The minimum atomic E-state index is -1.61. The zero-order valence-electron chi connectivity index (χ0n) is 11.8. The maximum Gasteiger partial charge on any atom is 0.252 e. The van der Waals surface area contributed by atoms with Gasteiger partial charge >= 0.3 is 0 Å². The Balaban J connectivity index is 2.57. The first-order valence-corrected chi connectivity index (χ1v) is 6.49. The highest BCUT2D eigenvalue weighted by Gasteiger charge is 2.45. The molecular formula is C14H15F3N2O2. The van der Waals surface area contributed by atoms with Crippen LogP contribution in [0, 0.1) is 17.5 Å². The van der Waals surface area contributed by atoms with Gasteiger partial charge in [-0.25, -0.2) is 13.2 Å². The first-order valence-electron chi connectivity index (χ1n) is 6.49. The molecule has 21 heavy (non-hydrogen) atoms. The van der Waals surface area contributed by atoms with Crippen molar-refractivity contribution in [3.63, 3.8) is 0 Å². The number of nitrogens with zero attached hydrogens (tertiary/aromatic N) is 1. The molecule has 1 heterocycles. The summed E-state index contributed by atoms with van der Waals surface area (Å²) in [7, 11) is 0. The molecule has 0 spiro atoms. The van der Waals surface area contributed by atoms with Crippen molar-refractivity contribution >= 4 is 17.5 Å². The number of piperazine rings is 1. The molecule has 1 aliphatic heterocycles. The third-order valence-corrected chi connectivity index (χ3v) is 3.44. The predicted octanol–water partition coefficient (Wildman–Crippen LogP) is 2.12. The average molecular weight is 300 g/mol. The topological polar surface area (TPSA) is 49.4 Å². The standard InChI is InChI=1S/C14H15F3N2O2/c1-4-10-12(20)18-14(2,3)13(21)19(10)7-5-8(15)11(17)9(16)6-7/h5-6,10H,4H2,1-3H3,(H,18,20). The monoisotopic (exact) mass is 300 g/mol. The van der Waals surface area contributed by atoms with Gasteiger partial charge in [0.25, 0.3) is 5.91 Å². The third kappa shape index (κ3) is 2.48. The first-order chi connectivity index (χ1) is 9.69. The summed E-state index contributed by atoms with van der Waals surface area (Å²) in [5.41, 5.74) is -1.38. The molecule has 1 unspecified atom stereocenters. The molecule has 1 saturated heterocycles. The van der Waals surface area contributed by atoms with Gasteiger partial charge in [-0.1, -0.05) is 6.92 Å². The predicted molar refractivity (Wildman–Crippen MR) is 70.1 cm³/mol. The summed E-state index contributed by atoms with van der Waals surface area (Å²) in [5, 5.41) is 2.56. The van der Waals surface area contributed by atoms with E-state index >= 15 is 0 Å². The molecule has 0 bridgehead atoms. The number of anilines is 1. The molecule has 1 atom stereocenters. The number of carbonyl (C=O) groups is 2. The van der Waals surface area contributed by atoms with E-state index < -0.39 is 40.8 Å². The van der Waals surface area contributed by atoms with Gasteiger partial charge in [-0.15, -0.1) is 0 Å². The Morgan fingerprint density at radius 2 is 1.71 bits per heavy atom. The zero-order chi connectivity index (χ0) is 15.9. The highest BCUT2D eigenvalue weighted by Crippen LogP contribution is 2.29. The van der Waals surface area contributed by atoms with E-state index in [0.29, 0.717) is 12.1 Å². The van der Waals surface area contributed by atoms with Gasteiger partial charge in [-0.3, -0.25) is 14.5 Å². The molecule has 1 aliphatic rings. The van der Waals surface area contributed by atoms with Crippen LogP contribution in [-0.4, -0.2) is 23.4 Å². The highest BCUT2D eigenvalue weighted by atomic mass is 19.2. The van der Waals surface area contributed by atoms with Crippen molar-refractivity contribution in [1.29, 1.82) is 0 Å². The Bertz CT molecular complexity index is 593. The maximum atomic E-state index is 13.4. The van der Waals surface area contributed by atoms with Crippen LogP contribution in [0.4, 0.5) is 18.9 Å². The van der Waals surface area contributed by atoms with Crippen LogP contribution in [0.5, 0.6) is 0 Å². The van der Waals surface area contributed by atoms with Crippen molar-refractivity contribution in [2.75, 3.05) is 4.90 Å². The van der Waals surface area contributed by atoms with Crippen molar-refractivity contribution in [3.05, 3.63) is 29.6 Å². The fraction of sp³-hybridized carbons (Fsp3) is 0.429. The molecule has 4 nitrogen and oxygen atoms in total. The number of rotatable bonds is 2. The van der Waals surface area contributed by atoms with Crippen LogP contribution in [-0.2, 0) is 9.59 Å². The summed E-state index contributed by atoms with van der Waals surface area (Å²) in [5.74, 6) is -5.36. The quantitative estimate of drug-likeness (QED) is 0.851. The van der Waals surface area contributed by atoms with Crippen molar-refractivity contribution in [1.82, 2.24) is 5.32 Å². The maximum absolute atomic E-state index is 13.4. The lowest BCUT2D eigenvalue weighted by molar-refractivity contribution is -0.137. The van der Waals surface area contributed by atoms with E-state index in [9.17, 15) is 22.8 Å². The van der Waals surface area contributed by atoms with Crippen molar-refractivity contribution in [2.45, 2.75) is 38.8 Å².